The minimum Gasteiger partial charge on any atom is -0.465 e. The van der Waals surface area contributed by atoms with E-state index in [-0.39, 0.29) is 18.2 Å². The number of hydrogen-bond donors (Lipinski definition) is 4. The first-order valence-corrected chi connectivity index (χ1v) is 9.59. The quantitative estimate of drug-likeness (QED) is 0.473. The van der Waals surface area contributed by atoms with Gasteiger partial charge in [0.2, 0.25) is 11.7 Å². The van der Waals surface area contributed by atoms with Gasteiger partial charge in [-0.25, -0.2) is 14.8 Å². The van der Waals surface area contributed by atoms with E-state index >= 15 is 0 Å². The number of aryl methyl sites for hydroxylation is 1. The van der Waals surface area contributed by atoms with Crippen LogP contribution in [0.4, 0.5) is 20.8 Å². The van der Waals surface area contributed by atoms with Crippen LogP contribution in [0.5, 0.6) is 0 Å². The van der Waals surface area contributed by atoms with E-state index in [1.54, 1.807) is 18.9 Å². The molecule has 28 heavy (non-hydrogen) atoms. The highest BCUT2D eigenvalue weighted by atomic mass is 19.1. The number of carbonyl (C=O) groups excluding carboxylic acids is 1. The third kappa shape index (κ3) is 5.93. The molecule has 2 amide bonds. The zero-order valence-electron chi connectivity index (χ0n) is 16.6. The van der Waals surface area contributed by atoms with Crippen LogP contribution in [0.3, 0.4) is 0 Å². The highest BCUT2D eigenvalue weighted by molar-refractivity contribution is 5.80. The molecule has 0 aliphatic heterocycles. The molecular weight excluding hydrogens is 367 g/mol. The number of hydrazine groups is 1. The average Bonchev–Trinajstić information content (AvgIpc) is 3.17. The lowest BCUT2D eigenvalue weighted by Gasteiger charge is -2.21. The zero-order chi connectivity index (χ0) is 20.7. The molecular formula is C18H29FN6O3. The molecule has 1 aromatic heterocycles. The molecule has 1 saturated carbocycles. The molecule has 1 aliphatic rings. The second-order valence-electron chi connectivity index (χ2n) is 7.15. The van der Waals surface area contributed by atoms with E-state index in [1.807, 2.05) is 6.92 Å². The number of carboxylic acid groups (broad SMARTS) is 1. The standard InChI is InChI=1S/C18H29FN6O3/c1-4-25(3)16-14(19)15(21-11(2)22-16)23-24-17(26)13(10-20-18(27)28)9-12-7-5-6-8-12/h12-13,20H,4-10H2,1-3H3,(H,24,26)(H,27,28)(H,21,22,23)/t13-/m1/s1. The van der Waals surface area contributed by atoms with Gasteiger partial charge in [-0.05, 0) is 26.2 Å². The third-order valence-corrected chi connectivity index (χ3v) is 5.05. The van der Waals surface area contributed by atoms with Crippen LogP contribution in [-0.2, 0) is 4.79 Å². The van der Waals surface area contributed by atoms with Crippen molar-refractivity contribution in [1.82, 2.24) is 20.7 Å². The fraction of sp³-hybridized carbons (Fsp3) is 0.667. The number of halogens is 1. The maximum Gasteiger partial charge on any atom is 0.404 e. The van der Waals surface area contributed by atoms with Crippen molar-refractivity contribution in [3.8, 4) is 0 Å². The molecule has 10 heteroatoms. The monoisotopic (exact) mass is 396 g/mol. The largest absolute Gasteiger partial charge is 0.465 e. The van der Waals surface area contributed by atoms with Crippen molar-refractivity contribution in [2.75, 3.05) is 30.5 Å². The fourth-order valence-corrected chi connectivity index (χ4v) is 3.39. The maximum absolute atomic E-state index is 14.7. The van der Waals surface area contributed by atoms with Crippen LogP contribution in [0.15, 0.2) is 0 Å². The third-order valence-electron chi connectivity index (χ3n) is 5.05. The average molecular weight is 396 g/mol. The molecule has 156 valence electrons. The van der Waals surface area contributed by atoms with Crippen molar-refractivity contribution >= 4 is 23.6 Å². The molecule has 0 aromatic carbocycles. The van der Waals surface area contributed by atoms with Crippen molar-refractivity contribution in [2.45, 2.75) is 46.0 Å². The summed E-state index contributed by atoms with van der Waals surface area (Å²) in [5.41, 5.74) is 5.02. The molecule has 0 saturated heterocycles. The van der Waals surface area contributed by atoms with E-state index in [0.29, 0.717) is 24.7 Å². The molecule has 1 heterocycles. The Morgan fingerprint density at radius 1 is 1.32 bits per heavy atom. The van der Waals surface area contributed by atoms with Crippen LogP contribution in [0, 0.1) is 24.6 Å². The lowest BCUT2D eigenvalue weighted by atomic mass is 9.92. The van der Waals surface area contributed by atoms with E-state index in [9.17, 15) is 14.0 Å². The molecule has 1 aliphatic carbocycles. The lowest BCUT2D eigenvalue weighted by molar-refractivity contribution is -0.124. The van der Waals surface area contributed by atoms with Gasteiger partial charge < -0.3 is 15.3 Å². The van der Waals surface area contributed by atoms with Crippen molar-refractivity contribution in [3.05, 3.63) is 11.6 Å². The van der Waals surface area contributed by atoms with E-state index in [1.165, 1.54) is 0 Å². The van der Waals surface area contributed by atoms with Crippen LogP contribution in [0.1, 0.15) is 44.9 Å². The first-order chi connectivity index (χ1) is 13.3. The summed E-state index contributed by atoms with van der Waals surface area (Å²) in [6.45, 7) is 4.08. The first-order valence-electron chi connectivity index (χ1n) is 9.59. The number of carbonyl (C=O) groups is 2. The predicted molar refractivity (Wildman–Crippen MR) is 104 cm³/mol. The molecule has 1 fully saturated rings. The number of aromatic nitrogens is 2. The van der Waals surface area contributed by atoms with E-state index in [4.69, 9.17) is 5.11 Å². The van der Waals surface area contributed by atoms with Gasteiger partial charge >= 0.3 is 6.09 Å². The number of amides is 2. The van der Waals surface area contributed by atoms with Crippen molar-refractivity contribution in [3.63, 3.8) is 0 Å². The molecule has 0 radical (unpaired) electrons. The minimum atomic E-state index is -1.18. The molecule has 4 N–H and O–H groups in total. The van der Waals surface area contributed by atoms with E-state index in [0.717, 1.165) is 25.7 Å². The summed E-state index contributed by atoms with van der Waals surface area (Å²) >= 11 is 0. The van der Waals surface area contributed by atoms with Gasteiger partial charge in [0.05, 0.1) is 5.92 Å². The highest BCUT2D eigenvalue weighted by Gasteiger charge is 2.26. The Morgan fingerprint density at radius 2 is 2.00 bits per heavy atom. The Hall–Kier alpha value is -2.65. The van der Waals surface area contributed by atoms with Crippen molar-refractivity contribution in [1.29, 1.82) is 0 Å². The second-order valence-corrected chi connectivity index (χ2v) is 7.15. The van der Waals surface area contributed by atoms with Crippen LogP contribution in [-0.4, -0.2) is 47.2 Å². The van der Waals surface area contributed by atoms with Gasteiger partial charge in [-0.2, -0.15) is 4.39 Å². The predicted octanol–water partition coefficient (Wildman–Crippen LogP) is 2.29. The lowest BCUT2D eigenvalue weighted by Crippen LogP contribution is -2.42. The fourth-order valence-electron chi connectivity index (χ4n) is 3.39. The van der Waals surface area contributed by atoms with Gasteiger partial charge in [0.25, 0.3) is 0 Å². The summed E-state index contributed by atoms with van der Waals surface area (Å²) in [7, 11) is 1.71. The molecule has 1 aromatic rings. The second kappa shape index (κ2) is 10.0. The van der Waals surface area contributed by atoms with Crippen molar-refractivity contribution < 1.29 is 19.1 Å². The molecule has 9 nitrogen and oxygen atoms in total. The van der Waals surface area contributed by atoms with E-state index in [2.05, 4.69) is 26.1 Å². The highest BCUT2D eigenvalue weighted by Crippen LogP contribution is 2.30. The molecule has 0 spiro atoms. The molecule has 1 atom stereocenters. The van der Waals surface area contributed by atoms with Gasteiger partial charge in [-0.3, -0.25) is 15.6 Å². The van der Waals surface area contributed by atoms with Gasteiger partial charge in [0, 0.05) is 20.1 Å². The smallest absolute Gasteiger partial charge is 0.404 e. The minimum absolute atomic E-state index is 0.00839. The van der Waals surface area contributed by atoms with Crippen LogP contribution in [0.25, 0.3) is 0 Å². The molecule has 2 rings (SSSR count). The zero-order valence-corrected chi connectivity index (χ0v) is 16.6. The molecule has 0 unspecified atom stereocenters. The van der Waals surface area contributed by atoms with Gasteiger partial charge in [0.15, 0.2) is 11.6 Å². The summed E-state index contributed by atoms with van der Waals surface area (Å²) in [5.74, 6) is -0.829. The Morgan fingerprint density at radius 3 is 2.61 bits per heavy atom. The Balaban J connectivity index is 2.06. The number of nitrogens with one attached hydrogen (secondary N) is 3. The van der Waals surface area contributed by atoms with Crippen LogP contribution < -0.4 is 21.1 Å². The van der Waals surface area contributed by atoms with Crippen LogP contribution in [0.2, 0.25) is 0 Å². The normalized spacial score (nSPS) is 15.1. The first kappa shape index (κ1) is 21.6. The summed E-state index contributed by atoms with van der Waals surface area (Å²) < 4.78 is 14.7. The summed E-state index contributed by atoms with van der Waals surface area (Å²) in [6, 6.07) is 0. The maximum atomic E-state index is 14.7. The number of anilines is 2. The topological polar surface area (TPSA) is 119 Å². The summed E-state index contributed by atoms with van der Waals surface area (Å²) in [5, 5.41) is 11.1. The Bertz CT molecular complexity index is 696. The number of rotatable bonds is 9. The molecule has 0 bridgehead atoms. The number of hydrogen-bond acceptors (Lipinski definition) is 6. The Kier molecular flexibility index (Phi) is 7.77. The van der Waals surface area contributed by atoms with Crippen LogP contribution >= 0.6 is 0 Å². The number of nitrogens with zero attached hydrogens (tertiary/aromatic N) is 3. The van der Waals surface area contributed by atoms with Gasteiger partial charge in [-0.1, -0.05) is 25.7 Å². The van der Waals surface area contributed by atoms with Gasteiger partial charge in [-0.15, -0.1) is 0 Å². The van der Waals surface area contributed by atoms with Gasteiger partial charge in [0.1, 0.15) is 5.82 Å². The van der Waals surface area contributed by atoms with Crippen molar-refractivity contribution in [2.24, 2.45) is 11.8 Å². The Labute approximate surface area is 164 Å². The summed E-state index contributed by atoms with van der Waals surface area (Å²) in [6.07, 6.45) is 3.74. The van der Waals surface area contributed by atoms with E-state index < -0.39 is 23.7 Å². The summed E-state index contributed by atoms with van der Waals surface area (Å²) in [4.78, 5) is 33.2. The SMILES string of the molecule is CCN(C)c1nc(C)nc(NNC(=O)[C@@H](CNC(=O)O)CC2CCCC2)c1F.